The monoisotopic (exact) mass is 250 g/mol. The summed E-state index contributed by atoms with van der Waals surface area (Å²) in [5, 5.41) is 2.96. The molecule has 1 aliphatic rings. The fourth-order valence-electron chi connectivity index (χ4n) is 1.68. The normalized spacial score (nSPS) is 25.3. The second kappa shape index (κ2) is 4.09. The van der Waals surface area contributed by atoms with Gasteiger partial charge in [0.05, 0.1) is 11.6 Å². The first-order valence-corrected chi connectivity index (χ1v) is 6.98. The lowest BCUT2D eigenvalue weighted by Crippen LogP contribution is -2.21. The van der Waals surface area contributed by atoms with Gasteiger partial charge in [0, 0.05) is 0 Å². The summed E-state index contributed by atoms with van der Waals surface area (Å²) in [6.07, 6.45) is 2.16. The highest BCUT2D eigenvalue weighted by molar-refractivity contribution is 7.91. The summed E-state index contributed by atoms with van der Waals surface area (Å²) in [4.78, 5) is 3.96. The van der Waals surface area contributed by atoms with Gasteiger partial charge in [0.15, 0.2) is 15.7 Å². The molecule has 1 aliphatic heterocycles. The largest absolute Gasteiger partial charge is 0.338 e. The molecule has 7 heteroatoms. The summed E-state index contributed by atoms with van der Waals surface area (Å²) in [5.41, 5.74) is 0. The number of rotatable bonds is 2. The van der Waals surface area contributed by atoms with Gasteiger partial charge in [-0.1, -0.05) is 11.6 Å². The van der Waals surface area contributed by atoms with Gasteiger partial charge in [-0.3, -0.25) is 0 Å². The number of aromatic nitrogens is 2. The molecule has 5 nitrogen and oxygen atoms in total. The van der Waals surface area contributed by atoms with Gasteiger partial charge in [0.1, 0.15) is 5.25 Å². The highest BCUT2D eigenvalue weighted by atomic mass is 35.5. The molecule has 1 aromatic rings. The molecule has 1 saturated heterocycles. The van der Waals surface area contributed by atoms with Gasteiger partial charge in [0.2, 0.25) is 5.89 Å². The van der Waals surface area contributed by atoms with Crippen molar-refractivity contribution in [3.63, 3.8) is 0 Å². The summed E-state index contributed by atoms with van der Waals surface area (Å²) in [7, 11) is -3.11. The molecule has 1 aromatic heterocycles. The predicted octanol–water partition coefficient (Wildman–Crippen LogP) is 1.45. The van der Waals surface area contributed by atoms with Crippen LogP contribution in [0.15, 0.2) is 4.52 Å². The first kappa shape index (κ1) is 10.9. The topological polar surface area (TPSA) is 73.1 Å². The molecule has 1 unspecified atom stereocenters. The molecule has 0 aromatic carbocycles. The minimum Gasteiger partial charge on any atom is -0.338 e. The second-order valence-corrected chi connectivity index (χ2v) is 6.10. The van der Waals surface area contributed by atoms with Gasteiger partial charge in [-0.05, 0) is 12.8 Å². The zero-order chi connectivity index (χ0) is 10.9. The number of halogens is 1. The van der Waals surface area contributed by atoms with Crippen molar-refractivity contribution in [2.45, 2.75) is 30.4 Å². The molecule has 0 amide bonds. The highest BCUT2D eigenvalue weighted by Gasteiger charge is 2.34. The van der Waals surface area contributed by atoms with E-state index in [-0.39, 0.29) is 17.5 Å². The molecular weight excluding hydrogens is 240 g/mol. The Morgan fingerprint density at radius 3 is 2.87 bits per heavy atom. The maximum absolute atomic E-state index is 11.7. The van der Waals surface area contributed by atoms with Gasteiger partial charge < -0.3 is 4.52 Å². The van der Waals surface area contributed by atoms with E-state index in [1.165, 1.54) is 0 Å². The number of hydrogen-bond donors (Lipinski definition) is 0. The Bertz CT molecular complexity index is 442. The van der Waals surface area contributed by atoms with Crippen LogP contribution in [0.3, 0.4) is 0 Å². The van der Waals surface area contributed by atoms with Crippen molar-refractivity contribution in [2.75, 3.05) is 5.75 Å². The molecule has 0 N–H and O–H groups in total. The number of alkyl halides is 1. The van der Waals surface area contributed by atoms with E-state index < -0.39 is 15.1 Å². The number of nitrogens with zero attached hydrogens (tertiary/aromatic N) is 2. The van der Waals surface area contributed by atoms with E-state index in [9.17, 15) is 8.42 Å². The first-order chi connectivity index (χ1) is 7.13. The third-order valence-electron chi connectivity index (χ3n) is 2.46. The minimum absolute atomic E-state index is 0.135. The Morgan fingerprint density at radius 2 is 2.27 bits per heavy atom. The lowest BCUT2D eigenvalue weighted by atomic mass is 10.2. The van der Waals surface area contributed by atoms with Crippen molar-refractivity contribution in [1.29, 1.82) is 0 Å². The molecule has 2 heterocycles. The maximum Gasteiger partial charge on any atom is 0.245 e. The third kappa shape index (κ3) is 2.15. The Morgan fingerprint density at radius 1 is 1.47 bits per heavy atom. The van der Waals surface area contributed by atoms with Crippen LogP contribution in [0.2, 0.25) is 0 Å². The van der Waals surface area contributed by atoms with Crippen molar-refractivity contribution in [3.05, 3.63) is 11.7 Å². The lowest BCUT2D eigenvalue weighted by molar-refractivity contribution is 0.360. The summed E-state index contributed by atoms with van der Waals surface area (Å²) in [6.45, 7) is 0. The molecule has 0 radical (unpaired) electrons. The molecule has 15 heavy (non-hydrogen) atoms. The third-order valence-corrected chi connectivity index (χ3v) is 4.86. The molecule has 1 fully saturated rings. The first-order valence-electron chi connectivity index (χ1n) is 4.73. The molecule has 1 atom stereocenters. The molecule has 84 valence electrons. The molecule has 0 spiro atoms. The van der Waals surface area contributed by atoms with E-state index in [0.717, 1.165) is 12.8 Å². The number of sulfone groups is 1. The van der Waals surface area contributed by atoms with Crippen LogP contribution in [0.1, 0.15) is 36.2 Å². The van der Waals surface area contributed by atoms with Crippen LogP contribution >= 0.6 is 11.6 Å². The summed E-state index contributed by atoms with van der Waals surface area (Å²) < 4.78 is 28.3. The Balaban J connectivity index is 2.29. The molecule has 0 aliphatic carbocycles. The zero-order valence-corrected chi connectivity index (χ0v) is 9.59. The van der Waals surface area contributed by atoms with Crippen LogP contribution in [0.5, 0.6) is 0 Å². The van der Waals surface area contributed by atoms with E-state index in [4.69, 9.17) is 16.1 Å². The van der Waals surface area contributed by atoms with Crippen LogP contribution in [0, 0.1) is 0 Å². The van der Waals surface area contributed by atoms with E-state index in [2.05, 4.69) is 10.1 Å². The van der Waals surface area contributed by atoms with Crippen LogP contribution < -0.4 is 0 Å². The highest BCUT2D eigenvalue weighted by Crippen LogP contribution is 2.32. The molecule has 0 saturated carbocycles. The van der Waals surface area contributed by atoms with Gasteiger partial charge in [-0.2, -0.15) is 4.98 Å². The van der Waals surface area contributed by atoms with Crippen molar-refractivity contribution in [2.24, 2.45) is 0 Å². The molecule has 0 bridgehead atoms. The van der Waals surface area contributed by atoms with Gasteiger partial charge in [-0.25, -0.2) is 8.42 Å². The summed E-state index contributed by atoms with van der Waals surface area (Å²) in [5.74, 6) is 0.866. The molecule has 2 rings (SSSR count). The Labute approximate surface area is 92.7 Å². The van der Waals surface area contributed by atoms with E-state index in [0.29, 0.717) is 12.2 Å². The predicted molar refractivity (Wildman–Crippen MR) is 54.2 cm³/mol. The Hall–Kier alpha value is -0.620. The summed E-state index contributed by atoms with van der Waals surface area (Å²) in [6, 6.07) is 0. The van der Waals surface area contributed by atoms with Crippen molar-refractivity contribution in [3.8, 4) is 0 Å². The smallest absolute Gasteiger partial charge is 0.245 e. The lowest BCUT2D eigenvalue weighted by Gasteiger charge is -2.18. The van der Waals surface area contributed by atoms with Crippen molar-refractivity contribution in [1.82, 2.24) is 10.1 Å². The fraction of sp³-hybridized carbons (Fsp3) is 0.750. The quantitative estimate of drug-likeness (QED) is 0.743. The Kier molecular flexibility index (Phi) is 2.97. The van der Waals surface area contributed by atoms with E-state index >= 15 is 0 Å². The maximum atomic E-state index is 11.7. The van der Waals surface area contributed by atoms with E-state index in [1.54, 1.807) is 0 Å². The van der Waals surface area contributed by atoms with Crippen LogP contribution in [0.4, 0.5) is 0 Å². The standard InChI is InChI=1S/C8H11ClN2O3S/c9-5-7-10-8(14-11-7)6-3-1-2-4-15(6,12)13/h6H,1-5H2. The summed E-state index contributed by atoms with van der Waals surface area (Å²) >= 11 is 5.52. The van der Waals surface area contributed by atoms with Crippen LogP contribution in [-0.4, -0.2) is 24.3 Å². The minimum atomic E-state index is -3.11. The van der Waals surface area contributed by atoms with Gasteiger partial charge in [-0.15, -0.1) is 11.6 Å². The van der Waals surface area contributed by atoms with Crippen LogP contribution in [0.25, 0.3) is 0 Å². The van der Waals surface area contributed by atoms with Crippen LogP contribution in [-0.2, 0) is 15.7 Å². The van der Waals surface area contributed by atoms with Gasteiger partial charge >= 0.3 is 0 Å². The van der Waals surface area contributed by atoms with Crippen molar-refractivity contribution < 1.29 is 12.9 Å². The SMILES string of the molecule is O=S1(=O)CCCCC1c1nc(CCl)no1. The number of hydrogen-bond acceptors (Lipinski definition) is 5. The average molecular weight is 251 g/mol. The van der Waals surface area contributed by atoms with Crippen molar-refractivity contribution >= 4 is 21.4 Å². The fourth-order valence-corrected chi connectivity index (χ4v) is 3.61. The average Bonchev–Trinajstić information content (AvgIpc) is 2.65. The zero-order valence-electron chi connectivity index (χ0n) is 8.02. The second-order valence-electron chi connectivity index (χ2n) is 3.53. The van der Waals surface area contributed by atoms with E-state index in [1.807, 2.05) is 0 Å². The molecular formula is C8H11ClN2O3S. The van der Waals surface area contributed by atoms with Gasteiger partial charge in [0.25, 0.3) is 0 Å².